The van der Waals surface area contributed by atoms with E-state index < -0.39 is 11.4 Å². The monoisotopic (exact) mass is 249 g/mol. The second-order valence-corrected chi connectivity index (χ2v) is 5.09. The van der Waals surface area contributed by atoms with Crippen LogP contribution < -0.4 is 0 Å². The fourth-order valence-corrected chi connectivity index (χ4v) is 2.67. The summed E-state index contributed by atoms with van der Waals surface area (Å²) >= 11 is 5.92. The largest absolute Gasteiger partial charge is 0.481 e. The summed E-state index contributed by atoms with van der Waals surface area (Å²) in [4.78, 5) is 14.6. The lowest BCUT2D eigenvalue weighted by molar-refractivity contribution is -0.147. The molecule has 3 nitrogen and oxygen atoms in total. The van der Waals surface area contributed by atoms with E-state index in [0.717, 1.165) is 23.0 Å². The highest BCUT2D eigenvalue weighted by molar-refractivity contribution is 6.31. The van der Waals surface area contributed by atoms with E-state index in [9.17, 15) is 9.90 Å². The van der Waals surface area contributed by atoms with Crippen LogP contribution in [0.15, 0.2) is 24.3 Å². The normalized spacial score (nSPS) is 17.9. The number of H-pyrrole nitrogens is 1. The molecular weight excluding hydrogens is 238 g/mol. The van der Waals surface area contributed by atoms with E-state index in [2.05, 4.69) is 4.98 Å². The lowest BCUT2D eigenvalue weighted by Crippen LogP contribution is -2.42. The summed E-state index contributed by atoms with van der Waals surface area (Å²) in [6.07, 6.45) is 2.40. The van der Waals surface area contributed by atoms with E-state index in [4.69, 9.17) is 11.6 Å². The van der Waals surface area contributed by atoms with E-state index in [-0.39, 0.29) is 0 Å². The third-order valence-electron chi connectivity index (χ3n) is 3.71. The number of aromatic amines is 1. The Labute approximate surface area is 103 Å². The molecule has 2 aromatic rings. The summed E-state index contributed by atoms with van der Waals surface area (Å²) in [5, 5.41) is 11.0. The first-order valence-corrected chi connectivity index (χ1v) is 6.02. The molecule has 0 radical (unpaired) electrons. The highest BCUT2D eigenvalue weighted by Crippen LogP contribution is 2.44. The number of rotatable bonds is 2. The van der Waals surface area contributed by atoms with Crippen molar-refractivity contribution in [2.45, 2.75) is 24.7 Å². The Morgan fingerprint density at radius 1 is 1.35 bits per heavy atom. The average molecular weight is 250 g/mol. The van der Waals surface area contributed by atoms with Crippen molar-refractivity contribution in [2.24, 2.45) is 0 Å². The first-order chi connectivity index (χ1) is 8.12. The van der Waals surface area contributed by atoms with Gasteiger partial charge < -0.3 is 10.1 Å². The van der Waals surface area contributed by atoms with E-state index in [1.54, 1.807) is 6.07 Å². The van der Waals surface area contributed by atoms with Crippen molar-refractivity contribution < 1.29 is 9.90 Å². The van der Waals surface area contributed by atoms with Gasteiger partial charge >= 0.3 is 5.97 Å². The van der Waals surface area contributed by atoms with Crippen LogP contribution in [0.3, 0.4) is 0 Å². The van der Waals surface area contributed by atoms with E-state index >= 15 is 0 Å². The molecule has 0 amide bonds. The van der Waals surface area contributed by atoms with Crippen molar-refractivity contribution in [3.63, 3.8) is 0 Å². The third-order valence-corrected chi connectivity index (χ3v) is 3.95. The zero-order valence-electron chi connectivity index (χ0n) is 9.16. The smallest absolute Gasteiger partial charge is 0.315 e. The molecule has 0 spiro atoms. The average Bonchev–Trinajstić information content (AvgIpc) is 2.57. The van der Waals surface area contributed by atoms with Crippen LogP contribution in [0, 0.1) is 0 Å². The minimum atomic E-state index is -0.735. The van der Waals surface area contributed by atoms with Crippen LogP contribution in [0.25, 0.3) is 10.9 Å². The molecule has 1 fully saturated rings. The molecule has 88 valence electrons. The van der Waals surface area contributed by atoms with Crippen molar-refractivity contribution in [1.82, 2.24) is 4.98 Å². The van der Waals surface area contributed by atoms with Gasteiger partial charge in [0.1, 0.15) is 5.41 Å². The van der Waals surface area contributed by atoms with Crippen molar-refractivity contribution >= 4 is 28.5 Å². The summed E-state index contributed by atoms with van der Waals surface area (Å²) in [6.45, 7) is 0. The molecule has 1 aromatic heterocycles. The zero-order chi connectivity index (χ0) is 12.0. The predicted octanol–water partition coefficient (Wildman–Crippen LogP) is 3.33. The number of carboxylic acids is 1. The Hall–Kier alpha value is -1.48. The summed E-state index contributed by atoms with van der Waals surface area (Å²) in [5.41, 5.74) is 1.04. The van der Waals surface area contributed by atoms with Gasteiger partial charge in [0.2, 0.25) is 0 Å². The Morgan fingerprint density at radius 2 is 2.12 bits per heavy atom. The Kier molecular flexibility index (Phi) is 2.20. The summed E-state index contributed by atoms with van der Waals surface area (Å²) in [7, 11) is 0. The number of aromatic nitrogens is 1. The molecule has 0 atom stereocenters. The maximum absolute atomic E-state index is 11.4. The SMILES string of the molecule is O=C(O)C1(c2cc3cc(Cl)ccc3[nH]2)CCC1. The molecule has 1 aromatic carbocycles. The van der Waals surface area contributed by atoms with Gasteiger partial charge in [-0.1, -0.05) is 18.0 Å². The van der Waals surface area contributed by atoms with Gasteiger partial charge in [0.25, 0.3) is 0 Å². The number of fused-ring (bicyclic) bond motifs is 1. The first-order valence-electron chi connectivity index (χ1n) is 5.64. The zero-order valence-corrected chi connectivity index (χ0v) is 9.92. The molecule has 2 N–H and O–H groups in total. The van der Waals surface area contributed by atoms with Gasteiger partial charge in [-0.15, -0.1) is 0 Å². The molecule has 0 unspecified atom stereocenters. The minimum absolute atomic E-state index is 0.668. The molecule has 3 rings (SSSR count). The van der Waals surface area contributed by atoms with Crippen molar-refractivity contribution in [3.8, 4) is 0 Å². The fraction of sp³-hybridized carbons (Fsp3) is 0.308. The van der Waals surface area contributed by atoms with Crippen LogP contribution in [0.1, 0.15) is 25.0 Å². The molecule has 17 heavy (non-hydrogen) atoms. The molecule has 1 heterocycles. The maximum Gasteiger partial charge on any atom is 0.315 e. The highest BCUT2D eigenvalue weighted by atomic mass is 35.5. The van der Waals surface area contributed by atoms with Gasteiger partial charge in [-0.2, -0.15) is 0 Å². The number of hydrogen-bond acceptors (Lipinski definition) is 1. The third kappa shape index (κ3) is 1.46. The molecule has 4 heteroatoms. The Bertz CT molecular complexity index is 598. The van der Waals surface area contributed by atoms with Crippen LogP contribution in [-0.2, 0) is 10.2 Å². The van der Waals surface area contributed by atoms with Crippen LogP contribution in [0.4, 0.5) is 0 Å². The first kappa shape index (κ1) is 10.7. The van der Waals surface area contributed by atoms with Crippen LogP contribution in [-0.4, -0.2) is 16.1 Å². The van der Waals surface area contributed by atoms with Gasteiger partial charge in [0.15, 0.2) is 0 Å². The number of nitrogens with one attached hydrogen (secondary N) is 1. The Morgan fingerprint density at radius 3 is 2.71 bits per heavy atom. The van der Waals surface area contributed by atoms with E-state index in [1.807, 2.05) is 18.2 Å². The quantitative estimate of drug-likeness (QED) is 0.858. The maximum atomic E-state index is 11.4. The van der Waals surface area contributed by atoms with Crippen molar-refractivity contribution in [1.29, 1.82) is 0 Å². The number of hydrogen-bond donors (Lipinski definition) is 2. The molecule has 0 aliphatic heterocycles. The van der Waals surface area contributed by atoms with Gasteiger partial charge in [0, 0.05) is 21.6 Å². The molecule has 1 aliphatic rings. The number of carbonyl (C=O) groups is 1. The van der Waals surface area contributed by atoms with E-state index in [1.165, 1.54) is 0 Å². The van der Waals surface area contributed by atoms with Gasteiger partial charge in [-0.3, -0.25) is 4.79 Å². The number of carboxylic acid groups (broad SMARTS) is 1. The molecule has 1 aliphatic carbocycles. The predicted molar refractivity (Wildman–Crippen MR) is 66.5 cm³/mol. The second-order valence-electron chi connectivity index (χ2n) is 4.66. The number of halogens is 1. The van der Waals surface area contributed by atoms with Crippen LogP contribution in [0.2, 0.25) is 5.02 Å². The van der Waals surface area contributed by atoms with Crippen LogP contribution >= 0.6 is 11.6 Å². The highest BCUT2D eigenvalue weighted by Gasteiger charge is 2.47. The van der Waals surface area contributed by atoms with Gasteiger partial charge in [-0.05, 0) is 37.1 Å². The molecule has 1 saturated carbocycles. The summed E-state index contributed by atoms with van der Waals surface area (Å²) < 4.78 is 0. The molecule has 0 bridgehead atoms. The van der Waals surface area contributed by atoms with Crippen molar-refractivity contribution in [2.75, 3.05) is 0 Å². The van der Waals surface area contributed by atoms with E-state index in [0.29, 0.717) is 17.9 Å². The summed E-state index contributed by atoms with van der Waals surface area (Å²) in [5.74, 6) is -0.735. The topological polar surface area (TPSA) is 53.1 Å². The molecule has 0 saturated heterocycles. The lowest BCUT2D eigenvalue weighted by Gasteiger charge is -2.36. The van der Waals surface area contributed by atoms with Crippen molar-refractivity contribution in [3.05, 3.63) is 35.0 Å². The standard InChI is InChI=1S/C13H12ClNO2/c14-9-2-3-10-8(6-9)7-11(15-10)13(12(16)17)4-1-5-13/h2-3,6-7,15H,1,4-5H2,(H,16,17). The second kappa shape index (κ2) is 3.50. The fourth-order valence-electron chi connectivity index (χ4n) is 2.49. The number of benzene rings is 1. The lowest BCUT2D eigenvalue weighted by atomic mass is 9.66. The van der Waals surface area contributed by atoms with Crippen LogP contribution in [0.5, 0.6) is 0 Å². The van der Waals surface area contributed by atoms with Gasteiger partial charge in [0.05, 0.1) is 0 Å². The summed E-state index contributed by atoms with van der Waals surface area (Å²) in [6, 6.07) is 7.45. The molecular formula is C13H12ClNO2. The Balaban J connectivity index is 2.14. The minimum Gasteiger partial charge on any atom is -0.481 e. The number of aliphatic carboxylic acids is 1. The van der Waals surface area contributed by atoms with Gasteiger partial charge in [-0.25, -0.2) is 0 Å².